The number of unbranched alkanes of at least 4 members (excludes halogenated alkanes) is 1. The predicted octanol–water partition coefficient (Wildman–Crippen LogP) is 4.19. The molecule has 0 N–H and O–H groups in total. The van der Waals surface area contributed by atoms with Gasteiger partial charge in [-0.2, -0.15) is 0 Å². The van der Waals surface area contributed by atoms with E-state index in [2.05, 4.69) is 23.5 Å². The highest BCUT2D eigenvalue weighted by Crippen LogP contribution is 2.25. The summed E-state index contributed by atoms with van der Waals surface area (Å²) >= 11 is 0. The molecule has 6 nitrogen and oxygen atoms in total. The van der Waals surface area contributed by atoms with E-state index in [9.17, 15) is 13.2 Å². The Hall–Kier alpha value is -1.60. The second-order valence-corrected chi connectivity index (χ2v) is 9.74. The van der Waals surface area contributed by atoms with Crippen molar-refractivity contribution in [1.82, 2.24) is 4.90 Å². The quantitative estimate of drug-likeness (QED) is 0.480. The van der Waals surface area contributed by atoms with Gasteiger partial charge in [0.25, 0.3) is 0 Å². The van der Waals surface area contributed by atoms with Gasteiger partial charge >= 0.3 is 5.97 Å². The fraction of sp³-hybridized carbons (Fsp3) is 0.696. The number of methoxy groups -OCH3 is 1. The minimum atomic E-state index is -3.41. The van der Waals surface area contributed by atoms with E-state index in [0.717, 1.165) is 19.6 Å². The minimum Gasteiger partial charge on any atom is -0.493 e. The Labute approximate surface area is 182 Å². The average molecular weight is 442 g/mol. The van der Waals surface area contributed by atoms with Crippen LogP contribution in [0.2, 0.25) is 0 Å². The lowest BCUT2D eigenvalue weighted by Crippen LogP contribution is -2.23. The van der Waals surface area contributed by atoms with E-state index in [0.29, 0.717) is 24.2 Å². The summed E-state index contributed by atoms with van der Waals surface area (Å²) < 4.78 is 35.2. The van der Waals surface area contributed by atoms with Crippen molar-refractivity contribution in [1.29, 1.82) is 0 Å². The largest absolute Gasteiger partial charge is 0.493 e. The van der Waals surface area contributed by atoms with Crippen molar-refractivity contribution in [2.45, 2.75) is 58.3 Å². The molecule has 1 aliphatic heterocycles. The molecule has 0 amide bonds. The van der Waals surface area contributed by atoms with Crippen LogP contribution in [0.4, 0.5) is 0 Å². The van der Waals surface area contributed by atoms with E-state index in [4.69, 9.17) is 4.74 Å². The molecule has 172 valence electrons. The molecule has 0 bridgehead atoms. The van der Waals surface area contributed by atoms with Crippen molar-refractivity contribution >= 4 is 15.8 Å². The molecule has 1 saturated heterocycles. The molecule has 1 aromatic rings. The highest BCUT2D eigenvalue weighted by molar-refractivity contribution is 7.91. The third-order valence-corrected chi connectivity index (χ3v) is 7.16. The van der Waals surface area contributed by atoms with E-state index in [-0.39, 0.29) is 23.5 Å². The number of esters is 1. The highest BCUT2D eigenvalue weighted by Gasteiger charge is 2.29. The summed E-state index contributed by atoms with van der Waals surface area (Å²) in [7, 11) is -2.11. The standard InChI is InChI=1S/C21H33NO5S.C2H6/c1-4-5-12-22-14-17(2)18(15-22)16-27-19-8-10-20(11-9-19)28(24,25)13-6-7-21(23)26-3;1-2/h8-11,17-18H,4-7,12-16H2,1-3H3;1-2H3. The first kappa shape index (κ1) is 26.4. The molecule has 0 aliphatic carbocycles. The summed E-state index contributed by atoms with van der Waals surface area (Å²) in [4.78, 5) is 13.9. The van der Waals surface area contributed by atoms with Crippen LogP contribution in [0.25, 0.3) is 0 Å². The van der Waals surface area contributed by atoms with Crippen LogP contribution in [0.3, 0.4) is 0 Å². The van der Waals surface area contributed by atoms with Gasteiger partial charge in [0, 0.05) is 25.4 Å². The zero-order valence-electron chi connectivity index (χ0n) is 19.2. The van der Waals surface area contributed by atoms with Gasteiger partial charge in [-0.15, -0.1) is 0 Å². The van der Waals surface area contributed by atoms with E-state index in [1.807, 2.05) is 13.8 Å². The van der Waals surface area contributed by atoms with Gasteiger partial charge < -0.3 is 14.4 Å². The molecular weight excluding hydrogens is 402 g/mol. The Balaban J connectivity index is 0.00000218. The fourth-order valence-corrected chi connectivity index (χ4v) is 4.81. The molecule has 2 unspecified atom stereocenters. The van der Waals surface area contributed by atoms with Crippen LogP contribution in [0, 0.1) is 11.8 Å². The molecule has 0 aromatic heterocycles. The van der Waals surface area contributed by atoms with Crippen LogP contribution in [0.5, 0.6) is 5.75 Å². The smallest absolute Gasteiger partial charge is 0.305 e. The number of likely N-dealkylation sites (tertiary alicyclic amines) is 1. The normalized spacial score (nSPS) is 19.1. The molecule has 1 heterocycles. The van der Waals surface area contributed by atoms with Crippen molar-refractivity contribution < 1.29 is 22.7 Å². The maximum Gasteiger partial charge on any atom is 0.305 e. The molecule has 0 saturated carbocycles. The molecule has 1 aliphatic rings. The van der Waals surface area contributed by atoms with Crippen LogP contribution in [-0.4, -0.2) is 58.4 Å². The lowest BCUT2D eigenvalue weighted by atomic mass is 9.99. The van der Waals surface area contributed by atoms with Crippen LogP contribution in [0.15, 0.2) is 29.2 Å². The molecule has 7 heteroatoms. The number of rotatable bonds is 11. The van der Waals surface area contributed by atoms with E-state index >= 15 is 0 Å². The van der Waals surface area contributed by atoms with Crippen molar-refractivity contribution in [2.75, 3.05) is 39.1 Å². The first-order valence-corrected chi connectivity index (χ1v) is 12.8. The summed E-state index contributed by atoms with van der Waals surface area (Å²) in [6.45, 7) is 12.5. The number of hydrogen-bond acceptors (Lipinski definition) is 6. The third-order valence-electron chi connectivity index (χ3n) is 5.34. The summed E-state index contributed by atoms with van der Waals surface area (Å²) in [5, 5.41) is 0. The predicted molar refractivity (Wildman–Crippen MR) is 121 cm³/mol. The number of benzene rings is 1. The zero-order chi connectivity index (χ0) is 22.6. The summed E-state index contributed by atoms with van der Waals surface area (Å²) in [5.74, 6) is 1.32. The molecule has 2 atom stereocenters. The topological polar surface area (TPSA) is 72.9 Å². The number of carbonyl (C=O) groups excluding carboxylic acids is 1. The van der Waals surface area contributed by atoms with Crippen molar-refractivity contribution in [3.63, 3.8) is 0 Å². The van der Waals surface area contributed by atoms with Crippen LogP contribution in [0.1, 0.15) is 53.4 Å². The minimum absolute atomic E-state index is 0.0739. The van der Waals surface area contributed by atoms with Crippen molar-refractivity contribution in [3.8, 4) is 5.75 Å². The van der Waals surface area contributed by atoms with Gasteiger partial charge in [0.05, 0.1) is 24.4 Å². The fourth-order valence-electron chi connectivity index (χ4n) is 3.50. The van der Waals surface area contributed by atoms with E-state index < -0.39 is 15.8 Å². The Kier molecular flexibility index (Phi) is 12.0. The van der Waals surface area contributed by atoms with Gasteiger partial charge in [0.1, 0.15) is 5.75 Å². The van der Waals surface area contributed by atoms with Crippen LogP contribution in [-0.2, 0) is 19.4 Å². The van der Waals surface area contributed by atoms with Crippen molar-refractivity contribution in [3.05, 3.63) is 24.3 Å². The van der Waals surface area contributed by atoms with Crippen molar-refractivity contribution in [2.24, 2.45) is 11.8 Å². The van der Waals surface area contributed by atoms with E-state index in [1.54, 1.807) is 24.3 Å². The zero-order valence-corrected chi connectivity index (χ0v) is 20.0. The molecular formula is C23H39NO5S. The molecule has 0 radical (unpaired) electrons. The number of hydrogen-bond donors (Lipinski definition) is 0. The maximum atomic E-state index is 12.3. The Bertz CT molecular complexity index is 718. The lowest BCUT2D eigenvalue weighted by Gasteiger charge is -2.16. The lowest BCUT2D eigenvalue weighted by molar-refractivity contribution is -0.140. The molecule has 30 heavy (non-hydrogen) atoms. The molecule has 1 aromatic carbocycles. The van der Waals surface area contributed by atoms with E-state index in [1.165, 1.54) is 20.0 Å². The first-order chi connectivity index (χ1) is 14.4. The Morgan fingerprint density at radius 1 is 1.13 bits per heavy atom. The summed E-state index contributed by atoms with van der Waals surface area (Å²) in [5.41, 5.74) is 0. The average Bonchev–Trinajstić information content (AvgIpc) is 3.11. The van der Waals surface area contributed by atoms with Gasteiger partial charge in [-0.25, -0.2) is 8.42 Å². The van der Waals surface area contributed by atoms with Gasteiger partial charge in [-0.05, 0) is 49.6 Å². The van der Waals surface area contributed by atoms with Crippen LogP contribution < -0.4 is 4.74 Å². The second-order valence-electron chi connectivity index (χ2n) is 7.63. The van der Waals surface area contributed by atoms with Gasteiger partial charge in [0.15, 0.2) is 9.84 Å². The van der Waals surface area contributed by atoms with Gasteiger partial charge in [-0.3, -0.25) is 4.79 Å². The first-order valence-electron chi connectivity index (χ1n) is 11.1. The SMILES string of the molecule is CC.CCCCN1CC(C)C(COc2ccc(S(=O)(=O)CCCC(=O)OC)cc2)C1. The molecule has 2 rings (SSSR count). The molecule has 0 spiro atoms. The summed E-state index contributed by atoms with van der Waals surface area (Å²) in [6, 6.07) is 6.58. The Morgan fingerprint density at radius 3 is 2.40 bits per heavy atom. The van der Waals surface area contributed by atoms with Gasteiger partial charge in [-0.1, -0.05) is 34.1 Å². The number of ether oxygens (including phenoxy) is 2. The Morgan fingerprint density at radius 2 is 1.80 bits per heavy atom. The molecule has 1 fully saturated rings. The maximum absolute atomic E-state index is 12.3. The highest BCUT2D eigenvalue weighted by atomic mass is 32.2. The number of sulfone groups is 1. The monoisotopic (exact) mass is 441 g/mol. The van der Waals surface area contributed by atoms with Gasteiger partial charge in [0.2, 0.25) is 0 Å². The number of nitrogens with zero attached hydrogens (tertiary/aromatic N) is 1. The second kappa shape index (κ2) is 13.7. The van der Waals surface area contributed by atoms with Crippen LogP contribution >= 0.6 is 0 Å². The number of carbonyl (C=O) groups is 1. The summed E-state index contributed by atoms with van der Waals surface area (Å²) in [6.07, 6.45) is 2.80. The third kappa shape index (κ3) is 8.64.